The van der Waals surface area contributed by atoms with E-state index in [1.165, 1.54) is 19.3 Å². The van der Waals surface area contributed by atoms with Crippen molar-refractivity contribution in [3.63, 3.8) is 0 Å². The van der Waals surface area contributed by atoms with Gasteiger partial charge >= 0.3 is 11.9 Å². The number of carbonyl (C=O) groups is 2. The smallest absolute Gasteiger partial charge is 0.343 e. The Kier molecular flexibility index (Phi) is 11.9. The van der Waals surface area contributed by atoms with E-state index in [1.807, 2.05) is 30.3 Å². The molecule has 3 aromatic rings. The number of unbranched alkanes of at least 4 members (excludes halogenated alkanes) is 6. The topological polar surface area (TPSA) is 61.8 Å². The molecule has 0 aliphatic heterocycles. The van der Waals surface area contributed by atoms with Gasteiger partial charge in [-0.25, -0.2) is 4.79 Å². The Morgan fingerprint density at radius 2 is 1.13 bits per heavy atom. The van der Waals surface area contributed by atoms with Gasteiger partial charge in [0.1, 0.15) is 23.9 Å². The van der Waals surface area contributed by atoms with E-state index >= 15 is 0 Å². The van der Waals surface area contributed by atoms with Gasteiger partial charge in [0.25, 0.3) is 0 Å². The van der Waals surface area contributed by atoms with E-state index in [0.717, 1.165) is 36.8 Å². The minimum absolute atomic E-state index is 0.200. The summed E-state index contributed by atoms with van der Waals surface area (Å²) in [6.07, 6.45) is 11.8. The number of hydrogen-bond donors (Lipinski definition) is 0. The molecule has 5 nitrogen and oxygen atoms in total. The number of ether oxygens (including phenoxy) is 3. The first-order chi connectivity index (χ1) is 18.6. The number of allylic oxidation sites excluding steroid dienone is 1. The van der Waals surface area contributed by atoms with Crippen LogP contribution in [0.2, 0.25) is 0 Å². The predicted molar refractivity (Wildman–Crippen MR) is 152 cm³/mol. The van der Waals surface area contributed by atoms with Crippen LogP contribution in [-0.4, -0.2) is 18.5 Å². The van der Waals surface area contributed by atoms with Gasteiger partial charge in [0.2, 0.25) is 0 Å². The van der Waals surface area contributed by atoms with E-state index < -0.39 is 5.97 Å². The van der Waals surface area contributed by atoms with Crippen LogP contribution in [0.4, 0.5) is 0 Å². The first-order valence-corrected chi connectivity index (χ1v) is 13.2. The van der Waals surface area contributed by atoms with Gasteiger partial charge in [-0.15, -0.1) is 6.58 Å². The summed E-state index contributed by atoms with van der Waals surface area (Å²) in [4.78, 5) is 24.6. The lowest BCUT2D eigenvalue weighted by molar-refractivity contribution is -0.134. The minimum Gasteiger partial charge on any atom is -0.490 e. The number of esters is 2. The molecule has 38 heavy (non-hydrogen) atoms. The highest BCUT2D eigenvalue weighted by Crippen LogP contribution is 2.25. The molecule has 0 radical (unpaired) electrons. The fourth-order valence-electron chi connectivity index (χ4n) is 3.89. The average Bonchev–Trinajstić information content (AvgIpc) is 2.94. The quantitative estimate of drug-likeness (QED) is 0.0835. The maximum absolute atomic E-state index is 12.4. The van der Waals surface area contributed by atoms with Crippen molar-refractivity contribution in [1.82, 2.24) is 0 Å². The van der Waals surface area contributed by atoms with Crippen LogP contribution in [0.3, 0.4) is 0 Å². The average molecular weight is 513 g/mol. The van der Waals surface area contributed by atoms with Crippen molar-refractivity contribution in [2.24, 2.45) is 0 Å². The lowest BCUT2D eigenvalue weighted by atomic mass is 10.1. The Labute approximate surface area is 225 Å². The maximum atomic E-state index is 12.4. The molecule has 0 N–H and O–H groups in total. The summed E-state index contributed by atoms with van der Waals surface area (Å²) in [7, 11) is 0. The molecule has 3 aromatic carbocycles. The van der Waals surface area contributed by atoms with Crippen molar-refractivity contribution in [2.45, 2.75) is 51.4 Å². The van der Waals surface area contributed by atoms with Crippen LogP contribution in [0.1, 0.15) is 61.7 Å². The Morgan fingerprint density at radius 1 is 0.605 bits per heavy atom. The molecule has 0 atom stereocenters. The minimum atomic E-state index is -0.442. The lowest BCUT2D eigenvalue weighted by Crippen LogP contribution is -2.08. The van der Waals surface area contributed by atoms with Crippen molar-refractivity contribution in [2.75, 3.05) is 6.61 Å². The van der Waals surface area contributed by atoms with Crippen LogP contribution in [0.15, 0.2) is 98.1 Å². The molecule has 0 saturated heterocycles. The molecular weight excluding hydrogens is 476 g/mol. The fraction of sp³-hybridized carbons (Fsp3) is 0.273. The molecule has 0 aromatic heterocycles. The van der Waals surface area contributed by atoms with Crippen LogP contribution in [0.5, 0.6) is 17.2 Å². The molecule has 3 rings (SSSR count). The normalized spacial score (nSPS) is 10.4. The van der Waals surface area contributed by atoms with Gasteiger partial charge in [0, 0.05) is 6.42 Å². The monoisotopic (exact) mass is 512 g/mol. The molecule has 198 valence electrons. The van der Waals surface area contributed by atoms with Crippen LogP contribution >= 0.6 is 0 Å². The van der Waals surface area contributed by atoms with Gasteiger partial charge in [-0.2, -0.15) is 0 Å². The first-order valence-electron chi connectivity index (χ1n) is 13.2. The molecule has 0 heterocycles. The standard InChI is InChI=1S/C33H36O5/c1-3-5-6-7-8-9-10-11-12-32(34)37-30-21-13-26(14-22-30)27-15-23-31(24-16-27)38-33(35)28-17-19-29(20-18-28)36-25-4-2/h3-4,13-24H,1-2,5-12,25H2. The summed E-state index contributed by atoms with van der Waals surface area (Å²) in [5, 5.41) is 0. The zero-order valence-corrected chi connectivity index (χ0v) is 21.9. The van der Waals surface area contributed by atoms with Gasteiger partial charge < -0.3 is 14.2 Å². The second-order valence-electron chi connectivity index (χ2n) is 8.99. The van der Waals surface area contributed by atoms with E-state index in [9.17, 15) is 9.59 Å². The van der Waals surface area contributed by atoms with Gasteiger partial charge in [-0.05, 0) is 78.9 Å². The van der Waals surface area contributed by atoms with E-state index in [0.29, 0.717) is 35.8 Å². The number of benzene rings is 3. The van der Waals surface area contributed by atoms with Gasteiger partial charge in [-0.1, -0.05) is 68.7 Å². The van der Waals surface area contributed by atoms with Crippen LogP contribution in [-0.2, 0) is 4.79 Å². The van der Waals surface area contributed by atoms with Crippen LogP contribution in [0, 0.1) is 0 Å². The summed E-state index contributed by atoms with van der Waals surface area (Å²) < 4.78 is 16.4. The third-order valence-corrected chi connectivity index (χ3v) is 5.98. The van der Waals surface area contributed by atoms with E-state index in [2.05, 4.69) is 13.2 Å². The largest absolute Gasteiger partial charge is 0.490 e. The number of hydrogen-bond acceptors (Lipinski definition) is 5. The fourth-order valence-corrected chi connectivity index (χ4v) is 3.89. The summed E-state index contributed by atoms with van der Waals surface area (Å²) >= 11 is 0. The molecule has 0 fully saturated rings. The van der Waals surface area contributed by atoms with Crippen molar-refractivity contribution in [1.29, 1.82) is 0 Å². The highest BCUT2D eigenvalue weighted by atomic mass is 16.5. The van der Waals surface area contributed by atoms with Crippen molar-refractivity contribution in [3.8, 4) is 28.4 Å². The summed E-state index contributed by atoms with van der Waals surface area (Å²) in [5.74, 6) is 1.01. The van der Waals surface area contributed by atoms with Crippen molar-refractivity contribution < 1.29 is 23.8 Å². The first kappa shape index (κ1) is 28.5. The van der Waals surface area contributed by atoms with E-state index in [4.69, 9.17) is 14.2 Å². The third kappa shape index (κ3) is 9.74. The predicted octanol–water partition coefficient (Wildman–Crippen LogP) is 8.35. The molecule has 0 aliphatic carbocycles. The van der Waals surface area contributed by atoms with Gasteiger partial charge in [-0.3, -0.25) is 4.79 Å². The van der Waals surface area contributed by atoms with Crippen molar-refractivity contribution >= 4 is 11.9 Å². The molecule has 0 spiro atoms. The lowest BCUT2D eigenvalue weighted by Gasteiger charge is -2.08. The second-order valence-corrected chi connectivity index (χ2v) is 8.99. The zero-order valence-electron chi connectivity index (χ0n) is 21.9. The second kappa shape index (κ2) is 15.9. The molecule has 0 unspecified atom stereocenters. The Hall–Kier alpha value is -4.12. The molecule has 5 heteroatoms. The molecule has 0 saturated carbocycles. The van der Waals surface area contributed by atoms with Gasteiger partial charge in [0.05, 0.1) is 5.56 Å². The Bertz CT molecular complexity index is 1160. The third-order valence-electron chi connectivity index (χ3n) is 5.98. The zero-order chi connectivity index (χ0) is 27.0. The summed E-state index contributed by atoms with van der Waals surface area (Å²) in [5.41, 5.74) is 2.36. The van der Waals surface area contributed by atoms with E-state index in [-0.39, 0.29) is 5.97 Å². The molecule has 0 bridgehead atoms. The summed E-state index contributed by atoms with van der Waals surface area (Å²) in [6, 6.07) is 21.4. The number of carbonyl (C=O) groups excluding carboxylic acids is 2. The van der Waals surface area contributed by atoms with Gasteiger partial charge in [0.15, 0.2) is 0 Å². The Morgan fingerprint density at radius 3 is 1.71 bits per heavy atom. The van der Waals surface area contributed by atoms with Crippen molar-refractivity contribution in [3.05, 3.63) is 104 Å². The highest BCUT2D eigenvalue weighted by Gasteiger charge is 2.10. The maximum Gasteiger partial charge on any atom is 0.343 e. The van der Waals surface area contributed by atoms with E-state index in [1.54, 1.807) is 54.6 Å². The summed E-state index contributed by atoms with van der Waals surface area (Å²) in [6.45, 7) is 7.75. The molecular formula is C33H36O5. The SMILES string of the molecule is C=CCCCCCCCCC(=O)Oc1ccc(-c2ccc(OC(=O)c3ccc(OCC=C)cc3)cc2)cc1. The molecule has 0 aliphatic rings. The van der Waals surface area contributed by atoms with Crippen LogP contribution < -0.4 is 14.2 Å². The molecule has 0 amide bonds. The Balaban J connectivity index is 1.42. The van der Waals surface area contributed by atoms with Crippen LogP contribution in [0.25, 0.3) is 11.1 Å². The highest BCUT2D eigenvalue weighted by molar-refractivity contribution is 5.91. The number of rotatable bonds is 16.